The molecule has 1 aromatic heterocycles. The van der Waals surface area contributed by atoms with E-state index in [0.717, 1.165) is 5.56 Å². The lowest BCUT2D eigenvalue weighted by Crippen LogP contribution is -2.20. The molecule has 0 aliphatic rings. The quantitative estimate of drug-likeness (QED) is 0.596. The molecule has 1 amide bonds. The number of carbonyl (C=O) groups is 1. The summed E-state index contributed by atoms with van der Waals surface area (Å²) in [4.78, 5) is 21.0. The molecule has 3 aromatic rings. The Balaban J connectivity index is 1.73. The number of rotatable bonds is 7. The number of anilines is 2. The van der Waals surface area contributed by atoms with Gasteiger partial charge in [-0.15, -0.1) is 0 Å². The van der Waals surface area contributed by atoms with Gasteiger partial charge in [0.25, 0.3) is 10.0 Å². The Kier molecular flexibility index (Phi) is 6.47. The molecule has 8 heteroatoms. The van der Waals surface area contributed by atoms with Gasteiger partial charge in [0, 0.05) is 17.4 Å². The fraction of sp³-hybridized carbons (Fsp3) is 0.227. The number of nitrogens with zero attached hydrogens (tertiary/aromatic N) is 2. The highest BCUT2D eigenvalue weighted by molar-refractivity contribution is 7.92. The molecule has 0 bridgehead atoms. The highest BCUT2D eigenvalue weighted by Gasteiger charge is 2.19. The Hall–Kier alpha value is -3.26. The maximum atomic E-state index is 12.7. The van der Waals surface area contributed by atoms with Crippen molar-refractivity contribution in [3.63, 3.8) is 0 Å². The predicted molar refractivity (Wildman–Crippen MR) is 117 cm³/mol. The standard InChI is InChI=1S/C22H24N4O3S/c1-4-20(17-8-6-5-7-9-17)22(27)25-18-10-12-19(13-11-18)30(28,29)26-21-14-15(2)23-16(3)24-21/h5-14,20H,4H2,1-3H3,(H,25,27)(H,23,24,26). The van der Waals surface area contributed by atoms with Crippen molar-refractivity contribution in [2.24, 2.45) is 0 Å². The van der Waals surface area contributed by atoms with E-state index in [-0.39, 0.29) is 22.5 Å². The summed E-state index contributed by atoms with van der Waals surface area (Å²) >= 11 is 0. The van der Waals surface area contributed by atoms with E-state index in [1.165, 1.54) is 12.1 Å². The molecule has 156 valence electrons. The Bertz CT molecular complexity index is 1110. The van der Waals surface area contributed by atoms with Crippen LogP contribution in [0.3, 0.4) is 0 Å². The van der Waals surface area contributed by atoms with Crippen LogP contribution in [0.5, 0.6) is 0 Å². The first-order chi connectivity index (χ1) is 14.3. The number of hydrogen-bond acceptors (Lipinski definition) is 5. The van der Waals surface area contributed by atoms with Gasteiger partial charge in [-0.05, 0) is 50.1 Å². The molecular weight excluding hydrogens is 400 g/mol. The average molecular weight is 425 g/mol. The highest BCUT2D eigenvalue weighted by Crippen LogP contribution is 2.23. The van der Waals surface area contributed by atoms with Crippen molar-refractivity contribution in [3.8, 4) is 0 Å². The highest BCUT2D eigenvalue weighted by atomic mass is 32.2. The molecule has 0 radical (unpaired) electrons. The van der Waals surface area contributed by atoms with Crippen LogP contribution in [0.2, 0.25) is 0 Å². The predicted octanol–water partition coefficient (Wildman–Crippen LogP) is 4.03. The van der Waals surface area contributed by atoms with Crippen LogP contribution < -0.4 is 10.0 Å². The van der Waals surface area contributed by atoms with E-state index in [1.54, 1.807) is 32.0 Å². The molecule has 2 aromatic carbocycles. The SMILES string of the molecule is CCC(C(=O)Nc1ccc(S(=O)(=O)Nc2cc(C)nc(C)n2)cc1)c1ccccc1. The van der Waals surface area contributed by atoms with E-state index in [1.807, 2.05) is 37.3 Å². The van der Waals surface area contributed by atoms with Gasteiger partial charge in [-0.3, -0.25) is 9.52 Å². The van der Waals surface area contributed by atoms with E-state index in [4.69, 9.17) is 0 Å². The summed E-state index contributed by atoms with van der Waals surface area (Å²) < 4.78 is 27.7. The summed E-state index contributed by atoms with van der Waals surface area (Å²) in [7, 11) is -3.81. The third-order valence-corrected chi connectivity index (χ3v) is 5.93. The molecule has 1 unspecified atom stereocenters. The fourth-order valence-electron chi connectivity index (χ4n) is 3.17. The third-order valence-electron chi connectivity index (χ3n) is 4.56. The molecule has 0 aliphatic heterocycles. The van der Waals surface area contributed by atoms with Crippen LogP contribution >= 0.6 is 0 Å². The number of aromatic nitrogens is 2. The van der Waals surface area contributed by atoms with Crippen LogP contribution in [0.4, 0.5) is 11.5 Å². The van der Waals surface area contributed by atoms with Crippen molar-refractivity contribution in [1.29, 1.82) is 0 Å². The number of benzene rings is 2. The second-order valence-corrected chi connectivity index (χ2v) is 8.61. The Morgan fingerprint density at radius 2 is 1.67 bits per heavy atom. The molecule has 0 saturated heterocycles. The lowest BCUT2D eigenvalue weighted by molar-refractivity contribution is -0.117. The topological polar surface area (TPSA) is 101 Å². The molecule has 30 heavy (non-hydrogen) atoms. The van der Waals surface area contributed by atoms with Crippen LogP contribution in [0.15, 0.2) is 65.6 Å². The second-order valence-electron chi connectivity index (χ2n) is 6.93. The molecule has 3 rings (SSSR count). The van der Waals surface area contributed by atoms with Crippen molar-refractivity contribution in [2.45, 2.75) is 38.0 Å². The number of amides is 1. The zero-order chi connectivity index (χ0) is 21.7. The first kappa shape index (κ1) is 21.4. The van der Waals surface area contributed by atoms with Crippen molar-refractivity contribution in [1.82, 2.24) is 9.97 Å². The van der Waals surface area contributed by atoms with Crippen LogP contribution in [-0.2, 0) is 14.8 Å². The fourth-order valence-corrected chi connectivity index (χ4v) is 4.16. The molecule has 2 N–H and O–H groups in total. The number of nitrogens with one attached hydrogen (secondary N) is 2. The van der Waals surface area contributed by atoms with Gasteiger partial charge in [0.1, 0.15) is 11.6 Å². The van der Waals surface area contributed by atoms with Crippen LogP contribution in [0.1, 0.15) is 36.3 Å². The molecule has 0 spiro atoms. The largest absolute Gasteiger partial charge is 0.326 e. The number of hydrogen-bond donors (Lipinski definition) is 2. The molecular formula is C22H24N4O3S. The maximum Gasteiger partial charge on any atom is 0.263 e. The van der Waals surface area contributed by atoms with Gasteiger partial charge in [0.15, 0.2) is 0 Å². The number of carbonyl (C=O) groups excluding carboxylic acids is 1. The number of sulfonamides is 1. The van der Waals surface area contributed by atoms with E-state index in [9.17, 15) is 13.2 Å². The summed E-state index contributed by atoms with van der Waals surface area (Å²) in [6.45, 7) is 5.42. The van der Waals surface area contributed by atoms with Crippen LogP contribution in [0.25, 0.3) is 0 Å². The number of aryl methyl sites for hydroxylation is 2. The molecule has 1 atom stereocenters. The molecule has 1 heterocycles. The van der Waals surface area contributed by atoms with Gasteiger partial charge < -0.3 is 5.32 Å². The van der Waals surface area contributed by atoms with Crippen LogP contribution in [-0.4, -0.2) is 24.3 Å². The van der Waals surface area contributed by atoms with Gasteiger partial charge in [-0.1, -0.05) is 37.3 Å². The van der Waals surface area contributed by atoms with Gasteiger partial charge in [0.05, 0.1) is 10.8 Å². The van der Waals surface area contributed by atoms with Gasteiger partial charge in [0.2, 0.25) is 5.91 Å². The minimum atomic E-state index is -3.81. The van der Waals surface area contributed by atoms with Gasteiger partial charge in [-0.2, -0.15) is 0 Å². The van der Waals surface area contributed by atoms with Crippen LogP contribution in [0, 0.1) is 13.8 Å². The lowest BCUT2D eigenvalue weighted by atomic mass is 9.95. The van der Waals surface area contributed by atoms with Crippen molar-refractivity contribution in [3.05, 3.63) is 77.7 Å². The Labute approximate surface area is 176 Å². The maximum absolute atomic E-state index is 12.7. The Morgan fingerprint density at radius 1 is 1.00 bits per heavy atom. The third kappa shape index (κ3) is 5.21. The monoisotopic (exact) mass is 424 g/mol. The average Bonchev–Trinajstić information content (AvgIpc) is 2.68. The minimum Gasteiger partial charge on any atom is -0.326 e. The van der Waals surface area contributed by atoms with Crippen molar-refractivity contribution >= 4 is 27.4 Å². The molecule has 0 saturated carbocycles. The van der Waals surface area contributed by atoms with E-state index >= 15 is 0 Å². The van der Waals surface area contributed by atoms with Gasteiger partial charge >= 0.3 is 0 Å². The molecule has 7 nitrogen and oxygen atoms in total. The summed E-state index contributed by atoms with van der Waals surface area (Å²) in [5.41, 5.74) is 2.14. The smallest absolute Gasteiger partial charge is 0.263 e. The summed E-state index contributed by atoms with van der Waals surface area (Å²) in [5, 5.41) is 2.86. The van der Waals surface area contributed by atoms with E-state index in [2.05, 4.69) is 20.0 Å². The zero-order valence-corrected chi connectivity index (χ0v) is 17.9. The van der Waals surface area contributed by atoms with Gasteiger partial charge in [-0.25, -0.2) is 18.4 Å². The zero-order valence-electron chi connectivity index (χ0n) is 17.1. The minimum absolute atomic E-state index is 0.0736. The normalized spacial score (nSPS) is 12.2. The molecule has 0 fully saturated rings. The van der Waals surface area contributed by atoms with Crippen molar-refractivity contribution in [2.75, 3.05) is 10.0 Å². The first-order valence-corrected chi connectivity index (χ1v) is 11.1. The lowest BCUT2D eigenvalue weighted by Gasteiger charge is -2.15. The molecule has 0 aliphatic carbocycles. The van der Waals surface area contributed by atoms with Crippen molar-refractivity contribution < 1.29 is 13.2 Å². The second kappa shape index (κ2) is 9.04. The van der Waals surface area contributed by atoms with E-state index < -0.39 is 10.0 Å². The first-order valence-electron chi connectivity index (χ1n) is 9.59. The Morgan fingerprint density at radius 3 is 2.27 bits per heavy atom. The summed E-state index contributed by atoms with van der Waals surface area (Å²) in [5.74, 6) is 0.283. The van der Waals surface area contributed by atoms with E-state index in [0.29, 0.717) is 23.6 Å². The summed E-state index contributed by atoms with van der Waals surface area (Å²) in [6, 6.07) is 17.2. The summed E-state index contributed by atoms with van der Waals surface area (Å²) in [6.07, 6.45) is 0.657.